The molecule has 1 saturated heterocycles. The number of nitrogens with zero attached hydrogens (tertiary/aromatic N) is 2. The topological polar surface area (TPSA) is 83.6 Å². The Morgan fingerprint density at radius 3 is 2.50 bits per heavy atom. The average Bonchev–Trinajstić information content (AvgIpc) is 3.38. The fraction of sp³-hybridized carbons (Fsp3) is 0.542. The molecule has 1 aliphatic heterocycles. The van der Waals surface area contributed by atoms with E-state index >= 15 is 0 Å². The van der Waals surface area contributed by atoms with E-state index in [0.717, 1.165) is 21.7 Å². The molecule has 2 N–H and O–H groups in total. The maximum atomic E-state index is 13.3. The van der Waals surface area contributed by atoms with Crippen LogP contribution in [0, 0.1) is 12.3 Å². The summed E-state index contributed by atoms with van der Waals surface area (Å²) in [6.45, 7) is 12.8. The summed E-state index contributed by atoms with van der Waals surface area (Å²) < 4.78 is 5.51. The lowest BCUT2D eigenvalue weighted by Crippen LogP contribution is -2.58. The van der Waals surface area contributed by atoms with Crippen LogP contribution < -0.4 is 10.6 Å². The molecule has 2 aromatic rings. The average molecular weight is 459 g/mol. The van der Waals surface area contributed by atoms with Crippen LogP contribution in [-0.2, 0) is 20.9 Å². The molecule has 2 atom stereocenters. The van der Waals surface area contributed by atoms with E-state index in [-0.39, 0.29) is 36.6 Å². The smallest absolute Gasteiger partial charge is 0.245 e. The standard InChI is InChI=1S/C24H34N4O3S/c1-15(2)27-21(24(4,5)6)23(30)28-14-31-12-19(28)22(29)25-11-17-7-9-18(10-8-17)20-16(3)26-13-32-20/h7-10,13,15,19,21,27H,11-12,14H2,1-6H3,(H,25,29). The van der Waals surface area contributed by atoms with E-state index in [0.29, 0.717) is 6.54 Å². The number of hydrogen-bond donors (Lipinski definition) is 2. The zero-order valence-electron chi connectivity index (χ0n) is 19.8. The first-order valence-corrected chi connectivity index (χ1v) is 11.9. The van der Waals surface area contributed by atoms with Crippen molar-refractivity contribution in [3.63, 3.8) is 0 Å². The van der Waals surface area contributed by atoms with Crippen molar-refractivity contribution in [1.29, 1.82) is 0 Å². The Labute approximate surface area is 194 Å². The highest BCUT2D eigenvalue weighted by Crippen LogP contribution is 2.27. The first-order chi connectivity index (χ1) is 15.1. The molecule has 0 radical (unpaired) electrons. The molecule has 1 aliphatic rings. The third-order valence-electron chi connectivity index (χ3n) is 5.51. The Kier molecular flexibility index (Phi) is 7.69. The summed E-state index contributed by atoms with van der Waals surface area (Å²) in [4.78, 5) is 33.2. The first-order valence-electron chi connectivity index (χ1n) is 11.0. The summed E-state index contributed by atoms with van der Waals surface area (Å²) in [5.74, 6) is -0.302. The van der Waals surface area contributed by atoms with Crippen LogP contribution in [0.1, 0.15) is 45.9 Å². The van der Waals surface area contributed by atoms with Gasteiger partial charge in [-0.1, -0.05) is 58.9 Å². The Morgan fingerprint density at radius 2 is 1.94 bits per heavy atom. The Morgan fingerprint density at radius 1 is 1.25 bits per heavy atom. The molecular formula is C24H34N4O3S. The summed E-state index contributed by atoms with van der Waals surface area (Å²) in [6.07, 6.45) is 0. The molecule has 7 nitrogen and oxygen atoms in total. The number of rotatable bonds is 7. The number of carbonyl (C=O) groups is 2. The van der Waals surface area contributed by atoms with Gasteiger partial charge in [-0.2, -0.15) is 0 Å². The normalized spacial score (nSPS) is 17.6. The summed E-state index contributed by atoms with van der Waals surface area (Å²) >= 11 is 1.62. The van der Waals surface area contributed by atoms with E-state index in [4.69, 9.17) is 4.74 Å². The molecule has 32 heavy (non-hydrogen) atoms. The van der Waals surface area contributed by atoms with E-state index in [1.807, 2.05) is 71.3 Å². The van der Waals surface area contributed by atoms with E-state index in [1.165, 1.54) is 0 Å². The number of carbonyl (C=O) groups excluding carboxylic acids is 2. The van der Waals surface area contributed by atoms with Gasteiger partial charge in [0.2, 0.25) is 11.8 Å². The number of thiazole rings is 1. The second-order valence-corrected chi connectivity index (χ2v) is 10.5. The van der Waals surface area contributed by atoms with E-state index < -0.39 is 12.1 Å². The van der Waals surface area contributed by atoms with Crippen molar-refractivity contribution in [2.45, 2.75) is 66.2 Å². The zero-order valence-corrected chi connectivity index (χ0v) is 20.6. The van der Waals surface area contributed by atoms with Gasteiger partial charge in [0.05, 0.1) is 28.7 Å². The number of nitrogens with one attached hydrogen (secondary N) is 2. The Bertz CT molecular complexity index is 933. The number of amides is 2. The van der Waals surface area contributed by atoms with Crippen LogP contribution in [0.3, 0.4) is 0 Å². The third kappa shape index (κ3) is 5.74. The van der Waals surface area contributed by atoms with Gasteiger partial charge in [0.15, 0.2) is 0 Å². The van der Waals surface area contributed by atoms with Gasteiger partial charge >= 0.3 is 0 Å². The second-order valence-electron chi connectivity index (χ2n) is 9.63. The van der Waals surface area contributed by atoms with Gasteiger partial charge in [-0.05, 0) is 23.5 Å². The minimum Gasteiger partial charge on any atom is -0.358 e. The highest BCUT2D eigenvalue weighted by Gasteiger charge is 2.41. The quantitative estimate of drug-likeness (QED) is 0.665. The van der Waals surface area contributed by atoms with Gasteiger partial charge in [-0.25, -0.2) is 4.98 Å². The van der Waals surface area contributed by atoms with Crippen molar-refractivity contribution in [2.24, 2.45) is 5.41 Å². The Balaban J connectivity index is 1.63. The monoisotopic (exact) mass is 458 g/mol. The molecule has 2 unspecified atom stereocenters. The number of aromatic nitrogens is 1. The maximum absolute atomic E-state index is 13.3. The molecule has 174 valence electrons. The molecule has 0 saturated carbocycles. The van der Waals surface area contributed by atoms with E-state index in [1.54, 1.807) is 16.2 Å². The Hall–Kier alpha value is -2.29. The number of aryl methyl sites for hydroxylation is 1. The molecule has 2 heterocycles. The fourth-order valence-electron chi connectivity index (χ4n) is 3.73. The summed E-state index contributed by atoms with van der Waals surface area (Å²) in [6, 6.07) is 7.22. The predicted octanol–water partition coefficient (Wildman–Crippen LogP) is 3.33. The zero-order chi connectivity index (χ0) is 23.5. The molecule has 0 spiro atoms. The number of hydrogen-bond acceptors (Lipinski definition) is 6. The number of benzene rings is 1. The van der Waals surface area contributed by atoms with Gasteiger partial charge in [0.1, 0.15) is 12.8 Å². The maximum Gasteiger partial charge on any atom is 0.245 e. The lowest BCUT2D eigenvalue weighted by molar-refractivity contribution is -0.142. The SMILES string of the molecule is Cc1ncsc1-c1ccc(CNC(=O)C2COCN2C(=O)C(NC(C)C)C(C)(C)C)cc1. The van der Waals surface area contributed by atoms with Crippen molar-refractivity contribution in [3.8, 4) is 10.4 Å². The third-order valence-corrected chi connectivity index (χ3v) is 6.49. The van der Waals surface area contributed by atoms with Gasteiger partial charge in [-0.15, -0.1) is 11.3 Å². The van der Waals surface area contributed by atoms with Crippen LogP contribution in [0.5, 0.6) is 0 Å². The highest BCUT2D eigenvalue weighted by molar-refractivity contribution is 7.13. The van der Waals surface area contributed by atoms with Crippen LogP contribution in [0.25, 0.3) is 10.4 Å². The molecule has 0 aliphatic carbocycles. The van der Waals surface area contributed by atoms with Crippen LogP contribution in [-0.4, -0.2) is 53.2 Å². The van der Waals surface area contributed by atoms with Crippen molar-refractivity contribution in [3.05, 3.63) is 41.0 Å². The minimum absolute atomic E-state index is 0.104. The van der Waals surface area contributed by atoms with Gasteiger partial charge in [-0.3, -0.25) is 9.59 Å². The van der Waals surface area contributed by atoms with Crippen molar-refractivity contribution < 1.29 is 14.3 Å². The van der Waals surface area contributed by atoms with Crippen LogP contribution in [0.2, 0.25) is 0 Å². The molecule has 0 bridgehead atoms. The van der Waals surface area contributed by atoms with Gasteiger partial charge in [0.25, 0.3) is 0 Å². The van der Waals surface area contributed by atoms with Crippen LogP contribution >= 0.6 is 11.3 Å². The highest BCUT2D eigenvalue weighted by atomic mass is 32.1. The van der Waals surface area contributed by atoms with Crippen molar-refractivity contribution in [2.75, 3.05) is 13.3 Å². The molecule has 1 aromatic carbocycles. The van der Waals surface area contributed by atoms with Crippen molar-refractivity contribution in [1.82, 2.24) is 20.5 Å². The van der Waals surface area contributed by atoms with Gasteiger partial charge < -0.3 is 20.3 Å². The lowest BCUT2D eigenvalue weighted by Gasteiger charge is -2.35. The first kappa shape index (κ1) is 24.4. The summed E-state index contributed by atoms with van der Waals surface area (Å²) in [5.41, 5.74) is 4.68. The molecular weight excluding hydrogens is 424 g/mol. The summed E-state index contributed by atoms with van der Waals surface area (Å²) in [5, 5.41) is 6.32. The van der Waals surface area contributed by atoms with E-state index in [2.05, 4.69) is 15.6 Å². The summed E-state index contributed by atoms with van der Waals surface area (Å²) in [7, 11) is 0. The fourth-order valence-corrected chi connectivity index (χ4v) is 4.54. The van der Waals surface area contributed by atoms with E-state index in [9.17, 15) is 9.59 Å². The molecule has 2 amide bonds. The molecule has 8 heteroatoms. The van der Waals surface area contributed by atoms with Crippen LogP contribution in [0.4, 0.5) is 0 Å². The minimum atomic E-state index is -0.625. The molecule has 3 rings (SSSR count). The van der Waals surface area contributed by atoms with Crippen molar-refractivity contribution >= 4 is 23.2 Å². The predicted molar refractivity (Wildman–Crippen MR) is 127 cm³/mol. The van der Waals surface area contributed by atoms with Crippen LogP contribution in [0.15, 0.2) is 29.8 Å². The number of ether oxygens (including phenoxy) is 1. The van der Waals surface area contributed by atoms with Gasteiger partial charge in [0, 0.05) is 12.6 Å². The molecule has 1 aromatic heterocycles. The lowest BCUT2D eigenvalue weighted by atomic mass is 9.85. The second kappa shape index (κ2) is 10.1. The molecule has 1 fully saturated rings. The largest absolute Gasteiger partial charge is 0.358 e.